The summed E-state index contributed by atoms with van der Waals surface area (Å²) in [6.07, 6.45) is 2.85. The first-order valence-corrected chi connectivity index (χ1v) is 9.68. The van der Waals surface area contributed by atoms with Crippen LogP contribution in [0, 0.1) is 6.92 Å². The maximum atomic E-state index is 12.4. The number of thiophene rings is 1. The molecule has 0 saturated heterocycles. The second kappa shape index (κ2) is 9.53. The van der Waals surface area contributed by atoms with E-state index in [1.807, 2.05) is 19.4 Å². The van der Waals surface area contributed by atoms with Gasteiger partial charge in [-0.3, -0.25) is 0 Å². The zero-order valence-electron chi connectivity index (χ0n) is 13.1. The van der Waals surface area contributed by atoms with Crippen LogP contribution in [0.1, 0.15) is 36.6 Å². The van der Waals surface area contributed by atoms with Crippen molar-refractivity contribution in [3.8, 4) is 0 Å². The van der Waals surface area contributed by atoms with E-state index >= 15 is 0 Å². The average molecular weight is 335 g/mol. The van der Waals surface area contributed by atoms with Crippen molar-refractivity contribution < 1.29 is 13.2 Å². The van der Waals surface area contributed by atoms with Crippen molar-refractivity contribution in [2.24, 2.45) is 0 Å². The number of ether oxygens (including phenoxy) is 1. The molecule has 0 amide bonds. The lowest BCUT2D eigenvalue weighted by Crippen LogP contribution is -2.27. The summed E-state index contributed by atoms with van der Waals surface area (Å²) in [5.74, 6) is 0. The van der Waals surface area contributed by atoms with Gasteiger partial charge in [0.25, 0.3) is 0 Å². The van der Waals surface area contributed by atoms with Crippen molar-refractivity contribution in [1.29, 1.82) is 0 Å². The Hall–Kier alpha value is -0.470. The Kier molecular flexibility index (Phi) is 8.43. The Morgan fingerprint density at radius 1 is 1.29 bits per heavy atom. The molecule has 1 aromatic heterocycles. The van der Waals surface area contributed by atoms with Gasteiger partial charge < -0.3 is 10.1 Å². The molecule has 122 valence electrons. The Morgan fingerprint density at radius 2 is 2.00 bits per heavy atom. The van der Waals surface area contributed by atoms with E-state index in [-0.39, 0.29) is 0 Å². The quantitative estimate of drug-likeness (QED) is 0.609. The largest absolute Gasteiger partial charge is 0.381 e. The summed E-state index contributed by atoms with van der Waals surface area (Å²) in [4.78, 5) is 1.27. The first kappa shape index (κ1) is 18.6. The Labute approximate surface area is 132 Å². The van der Waals surface area contributed by atoms with Gasteiger partial charge in [0, 0.05) is 31.2 Å². The van der Waals surface area contributed by atoms with Gasteiger partial charge in [-0.15, -0.1) is 11.3 Å². The van der Waals surface area contributed by atoms with E-state index in [1.54, 1.807) is 0 Å². The van der Waals surface area contributed by atoms with Crippen LogP contribution in [-0.2, 0) is 21.3 Å². The van der Waals surface area contributed by atoms with Crippen molar-refractivity contribution >= 4 is 21.4 Å². The third-order valence-corrected chi connectivity index (χ3v) is 5.92. The maximum Gasteiger partial charge on any atom is 0.241 e. The first-order chi connectivity index (χ1) is 10.0. The van der Waals surface area contributed by atoms with E-state index in [1.165, 1.54) is 11.3 Å². The average Bonchev–Trinajstić information content (AvgIpc) is 2.80. The van der Waals surface area contributed by atoms with Gasteiger partial charge in [0.1, 0.15) is 4.90 Å². The normalized spacial score (nSPS) is 12.0. The van der Waals surface area contributed by atoms with Gasteiger partial charge in [0.2, 0.25) is 10.0 Å². The number of unbranched alkanes of at least 4 members (excludes halogenated alkanes) is 1. The fourth-order valence-electron chi connectivity index (χ4n) is 1.93. The predicted octanol–water partition coefficient (Wildman–Crippen LogP) is 2.26. The lowest BCUT2D eigenvalue weighted by molar-refractivity contribution is 0.130. The summed E-state index contributed by atoms with van der Waals surface area (Å²) in [6, 6.07) is 0. The molecule has 1 heterocycles. The van der Waals surface area contributed by atoms with Crippen molar-refractivity contribution in [2.75, 3.05) is 26.8 Å². The highest BCUT2D eigenvalue weighted by Gasteiger charge is 2.22. The summed E-state index contributed by atoms with van der Waals surface area (Å²) in [6.45, 7) is 6.26. The zero-order chi connectivity index (χ0) is 15.7. The summed E-state index contributed by atoms with van der Waals surface area (Å²) >= 11 is 1.47. The summed E-state index contributed by atoms with van der Waals surface area (Å²) in [5.41, 5.74) is 0.803. The topological polar surface area (TPSA) is 67.4 Å². The van der Waals surface area contributed by atoms with E-state index in [9.17, 15) is 8.42 Å². The molecule has 7 heteroatoms. The molecule has 1 rings (SSSR count). The van der Waals surface area contributed by atoms with Crippen molar-refractivity contribution in [1.82, 2.24) is 10.0 Å². The lowest BCUT2D eigenvalue weighted by atomic mass is 10.3. The molecule has 0 aliphatic rings. The number of hydrogen-bond acceptors (Lipinski definition) is 5. The second-order valence-corrected chi connectivity index (χ2v) is 7.59. The van der Waals surface area contributed by atoms with Crippen LogP contribution >= 0.6 is 11.3 Å². The van der Waals surface area contributed by atoms with Crippen LogP contribution in [0.5, 0.6) is 0 Å². The molecule has 1 aromatic rings. The second-order valence-electron chi connectivity index (χ2n) is 4.92. The number of sulfonamides is 1. The Morgan fingerprint density at radius 3 is 2.67 bits per heavy atom. The smallest absolute Gasteiger partial charge is 0.241 e. The van der Waals surface area contributed by atoms with E-state index in [0.717, 1.165) is 29.9 Å². The lowest BCUT2D eigenvalue weighted by Gasteiger charge is -2.09. The maximum absolute atomic E-state index is 12.4. The fourth-order valence-corrected chi connectivity index (χ4v) is 4.82. The van der Waals surface area contributed by atoms with Crippen molar-refractivity contribution in [2.45, 2.75) is 44.6 Å². The van der Waals surface area contributed by atoms with Gasteiger partial charge in [0.15, 0.2) is 0 Å². The SMILES string of the molecule is CCCCOCCCNS(=O)(=O)c1c(C)csc1CNC. The molecule has 0 atom stereocenters. The Balaban J connectivity index is 2.48. The van der Waals surface area contributed by atoms with Gasteiger partial charge in [-0.05, 0) is 37.8 Å². The van der Waals surface area contributed by atoms with E-state index in [4.69, 9.17) is 4.74 Å². The van der Waals surface area contributed by atoms with Crippen LogP contribution in [0.3, 0.4) is 0 Å². The van der Waals surface area contributed by atoms with Crippen LogP contribution in [0.2, 0.25) is 0 Å². The van der Waals surface area contributed by atoms with Gasteiger partial charge in [-0.2, -0.15) is 0 Å². The molecule has 21 heavy (non-hydrogen) atoms. The molecule has 0 aromatic carbocycles. The number of aryl methyl sites for hydroxylation is 1. The van der Waals surface area contributed by atoms with Gasteiger partial charge in [-0.25, -0.2) is 13.1 Å². The minimum Gasteiger partial charge on any atom is -0.381 e. The summed E-state index contributed by atoms with van der Waals surface area (Å²) in [7, 11) is -1.62. The molecule has 0 saturated carbocycles. The zero-order valence-corrected chi connectivity index (χ0v) is 14.7. The van der Waals surface area contributed by atoms with E-state index in [2.05, 4.69) is 17.0 Å². The minimum atomic E-state index is -3.43. The van der Waals surface area contributed by atoms with Gasteiger partial charge >= 0.3 is 0 Å². The minimum absolute atomic E-state index is 0.405. The summed E-state index contributed by atoms with van der Waals surface area (Å²) in [5, 5.41) is 4.89. The molecule has 0 unspecified atom stereocenters. The van der Waals surface area contributed by atoms with Crippen LogP contribution in [0.4, 0.5) is 0 Å². The Bertz CT molecular complexity index is 512. The molecular weight excluding hydrogens is 308 g/mol. The first-order valence-electron chi connectivity index (χ1n) is 7.32. The van der Waals surface area contributed by atoms with Crippen LogP contribution < -0.4 is 10.0 Å². The van der Waals surface area contributed by atoms with Crippen molar-refractivity contribution in [3.63, 3.8) is 0 Å². The number of hydrogen-bond donors (Lipinski definition) is 2. The monoisotopic (exact) mass is 334 g/mol. The number of nitrogens with one attached hydrogen (secondary N) is 2. The van der Waals surface area contributed by atoms with Crippen LogP contribution in [0.15, 0.2) is 10.3 Å². The molecule has 0 bridgehead atoms. The highest BCUT2D eigenvalue weighted by atomic mass is 32.2. The highest BCUT2D eigenvalue weighted by Crippen LogP contribution is 2.26. The van der Waals surface area contributed by atoms with Gasteiger partial charge in [-0.1, -0.05) is 13.3 Å². The molecule has 5 nitrogen and oxygen atoms in total. The van der Waals surface area contributed by atoms with Crippen LogP contribution in [0.25, 0.3) is 0 Å². The molecule has 0 aliphatic carbocycles. The summed E-state index contributed by atoms with van der Waals surface area (Å²) < 4.78 is 32.8. The molecule has 0 aliphatic heterocycles. The van der Waals surface area contributed by atoms with Crippen molar-refractivity contribution in [3.05, 3.63) is 15.8 Å². The third kappa shape index (κ3) is 6.04. The van der Waals surface area contributed by atoms with Gasteiger partial charge in [0.05, 0.1) is 0 Å². The molecule has 0 spiro atoms. The molecule has 2 N–H and O–H groups in total. The van der Waals surface area contributed by atoms with E-state index < -0.39 is 10.0 Å². The predicted molar refractivity (Wildman–Crippen MR) is 87.4 cm³/mol. The molecule has 0 fully saturated rings. The molecule has 0 radical (unpaired) electrons. The highest BCUT2D eigenvalue weighted by molar-refractivity contribution is 7.89. The number of rotatable bonds is 11. The molecular formula is C14H26N2O3S2. The third-order valence-electron chi connectivity index (χ3n) is 3.00. The standard InChI is InChI=1S/C14H26N2O3S2/c1-4-5-8-19-9-6-7-16-21(17,18)14-12(2)11-20-13(14)10-15-3/h11,15-16H,4-10H2,1-3H3. The van der Waals surface area contributed by atoms with Crippen LogP contribution in [-0.4, -0.2) is 35.2 Å². The fraction of sp³-hybridized carbons (Fsp3) is 0.714. The van der Waals surface area contributed by atoms with E-state index in [0.29, 0.717) is 31.0 Å².